The van der Waals surface area contributed by atoms with Gasteiger partial charge in [0.2, 0.25) is 5.91 Å². The summed E-state index contributed by atoms with van der Waals surface area (Å²) in [6, 6.07) is 25.3. The number of hydrogen-bond acceptors (Lipinski definition) is 3. The summed E-state index contributed by atoms with van der Waals surface area (Å²) in [6.07, 6.45) is 0.717. The number of fused-ring (bicyclic) bond motifs is 3. The Kier molecular flexibility index (Phi) is 5.33. The van der Waals surface area contributed by atoms with Crippen molar-refractivity contribution in [2.75, 3.05) is 29.4 Å². The molecule has 2 heterocycles. The molecule has 158 valence electrons. The SMILES string of the molecule is O=C(NCc1cccc(F)c1)[C@@H]1Cc2ccccc2N2CCN(c3ccccc3)C[C@H]12. The molecule has 1 amide bonds. The molecule has 1 saturated heterocycles. The summed E-state index contributed by atoms with van der Waals surface area (Å²) >= 11 is 0. The summed E-state index contributed by atoms with van der Waals surface area (Å²) in [5, 5.41) is 3.06. The van der Waals surface area contributed by atoms with Gasteiger partial charge in [0.15, 0.2) is 0 Å². The summed E-state index contributed by atoms with van der Waals surface area (Å²) in [7, 11) is 0. The third-order valence-electron chi connectivity index (χ3n) is 6.44. The van der Waals surface area contributed by atoms with E-state index in [0.29, 0.717) is 6.54 Å². The summed E-state index contributed by atoms with van der Waals surface area (Å²) in [6.45, 7) is 2.94. The summed E-state index contributed by atoms with van der Waals surface area (Å²) in [5.41, 5.74) is 4.43. The van der Waals surface area contributed by atoms with E-state index < -0.39 is 0 Å². The van der Waals surface area contributed by atoms with Crippen LogP contribution in [0.4, 0.5) is 15.8 Å². The fourth-order valence-corrected chi connectivity index (χ4v) is 4.90. The van der Waals surface area contributed by atoms with Crippen molar-refractivity contribution in [3.63, 3.8) is 0 Å². The molecule has 2 aliphatic rings. The highest BCUT2D eigenvalue weighted by molar-refractivity contribution is 5.82. The number of carbonyl (C=O) groups is 1. The fraction of sp³-hybridized carbons (Fsp3) is 0.269. The minimum atomic E-state index is -0.282. The number of hydrogen-bond donors (Lipinski definition) is 1. The van der Waals surface area contributed by atoms with Crippen LogP contribution in [0.3, 0.4) is 0 Å². The van der Waals surface area contributed by atoms with E-state index in [-0.39, 0.29) is 23.7 Å². The van der Waals surface area contributed by atoms with Gasteiger partial charge in [0.05, 0.1) is 12.0 Å². The van der Waals surface area contributed by atoms with Gasteiger partial charge in [-0.05, 0) is 47.9 Å². The second kappa shape index (κ2) is 8.42. The first-order valence-electron chi connectivity index (χ1n) is 10.9. The average Bonchev–Trinajstić information content (AvgIpc) is 2.82. The number of para-hydroxylation sites is 2. The Morgan fingerprint density at radius 1 is 0.968 bits per heavy atom. The van der Waals surface area contributed by atoms with Crippen LogP contribution in [0.5, 0.6) is 0 Å². The number of nitrogens with one attached hydrogen (secondary N) is 1. The molecule has 2 atom stereocenters. The summed E-state index contributed by atoms with van der Waals surface area (Å²) in [5.74, 6) is -0.408. The number of anilines is 2. The predicted octanol–water partition coefficient (Wildman–Crippen LogP) is 4.01. The lowest BCUT2D eigenvalue weighted by molar-refractivity contribution is -0.126. The molecule has 4 nitrogen and oxygen atoms in total. The second-order valence-corrected chi connectivity index (χ2v) is 8.33. The number of nitrogens with zero attached hydrogens (tertiary/aromatic N) is 2. The van der Waals surface area contributed by atoms with Gasteiger partial charge < -0.3 is 15.1 Å². The predicted molar refractivity (Wildman–Crippen MR) is 122 cm³/mol. The molecule has 0 saturated carbocycles. The zero-order valence-corrected chi connectivity index (χ0v) is 17.4. The lowest BCUT2D eigenvalue weighted by atomic mass is 9.83. The van der Waals surface area contributed by atoms with Gasteiger partial charge in [0, 0.05) is 37.6 Å². The maximum absolute atomic E-state index is 13.5. The number of piperazine rings is 1. The molecule has 0 spiro atoms. The minimum absolute atomic E-state index is 0.0312. The Labute approximate surface area is 182 Å². The van der Waals surface area contributed by atoms with Crippen LogP contribution in [0, 0.1) is 11.7 Å². The van der Waals surface area contributed by atoms with Gasteiger partial charge in [-0.25, -0.2) is 4.39 Å². The summed E-state index contributed by atoms with van der Waals surface area (Å²) in [4.78, 5) is 18.1. The normalized spacial score (nSPS) is 20.0. The maximum atomic E-state index is 13.5. The number of carbonyl (C=O) groups excluding carboxylic acids is 1. The second-order valence-electron chi connectivity index (χ2n) is 8.33. The molecule has 0 unspecified atom stereocenters. The molecule has 0 aromatic heterocycles. The molecular weight excluding hydrogens is 389 g/mol. The van der Waals surface area contributed by atoms with Crippen molar-refractivity contribution in [2.45, 2.75) is 19.0 Å². The highest BCUT2D eigenvalue weighted by Crippen LogP contribution is 2.36. The zero-order valence-electron chi connectivity index (χ0n) is 17.4. The lowest BCUT2D eigenvalue weighted by Gasteiger charge is -2.49. The topological polar surface area (TPSA) is 35.6 Å². The number of rotatable bonds is 4. The first-order chi connectivity index (χ1) is 15.2. The van der Waals surface area contributed by atoms with Gasteiger partial charge in [0.1, 0.15) is 5.82 Å². The molecule has 0 bridgehead atoms. The Hall–Kier alpha value is -3.34. The van der Waals surface area contributed by atoms with Crippen LogP contribution in [-0.4, -0.2) is 31.6 Å². The van der Waals surface area contributed by atoms with Crippen molar-refractivity contribution in [3.8, 4) is 0 Å². The van der Waals surface area contributed by atoms with Gasteiger partial charge in [-0.2, -0.15) is 0 Å². The maximum Gasteiger partial charge on any atom is 0.225 e. The summed E-state index contributed by atoms with van der Waals surface area (Å²) < 4.78 is 13.5. The minimum Gasteiger partial charge on any atom is -0.368 e. The van der Waals surface area contributed by atoms with E-state index in [2.05, 4.69) is 57.6 Å². The van der Waals surface area contributed by atoms with Gasteiger partial charge in [-0.3, -0.25) is 4.79 Å². The number of benzene rings is 3. The monoisotopic (exact) mass is 415 g/mol. The standard InChI is InChI=1S/C26H26FN3O/c27-21-9-6-7-19(15-21)17-28-26(31)23-16-20-8-4-5-12-24(20)30-14-13-29(18-25(23)30)22-10-2-1-3-11-22/h1-12,15,23,25H,13-14,16-18H2,(H,28,31)/t23-,25-/m1/s1. The van der Waals surface area contributed by atoms with Crippen LogP contribution in [0.15, 0.2) is 78.9 Å². The van der Waals surface area contributed by atoms with Crippen molar-refractivity contribution in [3.05, 3.63) is 95.8 Å². The lowest BCUT2D eigenvalue weighted by Crippen LogP contribution is -2.61. The zero-order chi connectivity index (χ0) is 21.2. The van der Waals surface area contributed by atoms with Crippen LogP contribution in [-0.2, 0) is 17.8 Å². The van der Waals surface area contributed by atoms with Crippen LogP contribution in [0.1, 0.15) is 11.1 Å². The average molecular weight is 416 g/mol. The molecular formula is C26H26FN3O. The van der Waals surface area contributed by atoms with E-state index in [1.54, 1.807) is 6.07 Å². The van der Waals surface area contributed by atoms with Crippen LogP contribution in [0.25, 0.3) is 0 Å². The Morgan fingerprint density at radius 3 is 2.61 bits per heavy atom. The van der Waals surface area contributed by atoms with Crippen LogP contribution < -0.4 is 15.1 Å². The molecule has 2 aliphatic heterocycles. The molecule has 31 heavy (non-hydrogen) atoms. The fourth-order valence-electron chi connectivity index (χ4n) is 4.90. The Bertz CT molecular complexity index is 1070. The smallest absolute Gasteiger partial charge is 0.225 e. The van der Waals surface area contributed by atoms with Gasteiger partial charge >= 0.3 is 0 Å². The molecule has 1 fully saturated rings. The number of halogens is 1. The Morgan fingerprint density at radius 2 is 1.77 bits per heavy atom. The van der Waals surface area contributed by atoms with Crippen molar-refractivity contribution < 1.29 is 9.18 Å². The first-order valence-corrected chi connectivity index (χ1v) is 10.9. The molecule has 0 radical (unpaired) electrons. The Balaban J connectivity index is 1.39. The van der Waals surface area contributed by atoms with Crippen molar-refractivity contribution in [2.24, 2.45) is 5.92 Å². The van der Waals surface area contributed by atoms with E-state index in [9.17, 15) is 9.18 Å². The van der Waals surface area contributed by atoms with E-state index in [1.165, 1.54) is 29.1 Å². The highest BCUT2D eigenvalue weighted by Gasteiger charge is 2.41. The molecule has 3 aromatic carbocycles. The third kappa shape index (κ3) is 4.00. The van der Waals surface area contributed by atoms with Crippen molar-refractivity contribution >= 4 is 17.3 Å². The highest BCUT2D eigenvalue weighted by atomic mass is 19.1. The van der Waals surface area contributed by atoms with E-state index in [4.69, 9.17) is 0 Å². The van der Waals surface area contributed by atoms with Crippen LogP contribution >= 0.6 is 0 Å². The molecule has 3 aromatic rings. The quantitative estimate of drug-likeness (QED) is 0.699. The first kappa shape index (κ1) is 19.6. The molecule has 5 heteroatoms. The van der Waals surface area contributed by atoms with Gasteiger partial charge in [-0.1, -0.05) is 48.5 Å². The van der Waals surface area contributed by atoms with Gasteiger partial charge in [0.25, 0.3) is 0 Å². The largest absolute Gasteiger partial charge is 0.368 e. The van der Waals surface area contributed by atoms with E-state index in [0.717, 1.165) is 31.6 Å². The molecule has 0 aliphatic carbocycles. The molecule has 5 rings (SSSR count). The number of amides is 1. The third-order valence-corrected chi connectivity index (χ3v) is 6.44. The van der Waals surface area contributed by atoms with Crippen molar-refractivity contribution in [1.29, 1.82) is 0 Å². The van der Waals surface area contributed by atoms with Crippen molar-refractivity contribution in [1.82, 2.24) is 5.32 Å². The molecule has 1 N–H and O–H groups in total. The van der Waals surface area contributed by atoms with Gasteiger partial charge in [-0.15, -0.1) is 0 Å². The van der Waals surface area contributed by atoms with E-state index in [1.807, 2.05) is 18.2 Å². The van der Waals surface area contributed by atoms with E-state index >= 15 is 0 Å². The van der Waals surface area contributed by atoms with Crippen LogP contribution in [0.2, 0.25) is 0 Å².